The largest absolute Gasteiger partial charge is 0.465 e. The average Bonchev–Trinajstić information content (AvgIpc) is 3.12. The Kier molecular flexibility index (Phi) is 8.23. The normalized spacial score (nSPS) is 16.8. The number of carbonyl (C=O) groups excluding carboxylic acids is 1. The van der Waals surface area contributed by atoms with Gasteiger partial charge in [-0.25, -0.2) is 9.18 Å². The highest BCUT2D eigenvalue weighted by Crippen LogP contribution is 2.36. The Morgan fingerprint density at radius 3 is 2.56 bits per heavy atom. The molecule has 1 fully saturated rings. The zero-order chi connectivity index (χ0) is 25.7. The number of halogens is 2. The average molecular weight is 510 g/mol. The molecule has 3 aromatic carbocycles. The zero-order valence-corrected chi connectivity index (χ0v) is 20.5. The van der Waals surface area contributed by atoms with E-state index in [2.05, 4.69) is 5.32 Å². The number of hydrogen-bond donors (Lipinski definition) is 3. The second-order valence-electron chi connectivity index (χ2n) is 9.03. The minimum absolute atomic E-state index is 0.0740. The Morgan fingerprint density at radius 2 is 1.83 bits per heavy atom. The molecule has 3 aromatic rings. The maximum absolute atomic E-state index is 14.9. The van der Waals surface area contributed by atoms with Crippen LogP contribution in [-0.2, 0) is 0 Å². The van der Waals surface area contributed by atoms with Gasteiger partial charge >= 0.3 is 6.09 Å². The van der Waals surface area contributed by atoms with Gasteiger partial charge in [0.15, 0.2) is 0 Å². The minimum atomic E-state index is -0.880. The first-order chi connectivity index (χ1) is 17.3. The number of carbonyl (C=O) groups is 2. The SMILES string of the molecule is NC(=O)c1cccc(F)c1-c1cc(C(CNC2CCCN(C(=O)O)CC2)c2ccccc2)ccc1Cl. The molecule has 2 unspecified atom stereocenters. The highest BCUT2D eigenvalue weighted by atomic mass is 35.5. The van der Waals surface area contributed by atoms with Gasteiger partial charge in [-0.1, -0.05) is 54.1 Å². The number of benzene rings is 3. The highest BCUT2D eigenvalue weighted by Gasteiger charge is 2.23. The summed E-state index contributed by atoms with van der Waals surface area (Å²) in [7, 11) is 0. The van der Waals surface area contributed by atoms with Crippen LogP contribution in [0.25, 0.3) is 11.1 Å². The van der Waals surface area contributed by atoms with Gasteiger partial charge in [0.2, 0.25) is 5.91 Å². The van der Waals surface area contributed by atoms with Crippen LogP contribution in [0, 0.1) is 5.82 Å². The smallest absolute Gasteiger partial charge is 0.407 e. The van der Waals surface area contributed by atoms with Crippen molar-refractivity contribution in [1.29, 1.82) is 0 Å². The summed E-state index contributed by atoms with van der Waals surface area (Å²) < 4.78 is 14.9. The van der Waals surface area contributed by atoms with Gasteiger partial charge in [0.25, 0.3) is 0 Å². The first-order valence-electron chi connectivity index (χ1n) is 12.0. The molecule has 36 heavy (non-hydrogen) atoms. The lowest BCUT2D eigenvalue weighted by Crippen LogP contribution is -2.35. The van der Waals surface area contributed by atoms with Crippen molar-refractivity contribution in [2.75, 3.05) is 19.6 Å². The van der Waals surface area contributed by atoms with Crippen LogP contribution in [0.2, 0.25) is 5.02 Å². The molecule has 1 aliphatic rings. The van der Waals surface area contributed by atoms with Gasteiger partial charge < -0.3 is 21.1 Å². The van der Waals surface area contributed by atoms with Crippen LogP contribution in [0.4, 0.5) is 9.18 Å². The van der Waals surface area contributed by atoms with Crippen molar-refractivity contribution in [3.05, 3.63) is 94.3 Å². The fourth-order valence-corrected chi connectivity index (χ4v) is 5.06. The van der Waals surface area contributed by atoms with E-state index in [1.807, 2.05) is 42.5 Å². The Labute approximate surface area is 214 Å². The Balaban J connectivity index is 1.66. The van der Waals surface area contributed by atoms with Crippen LogP contribution in [0.5, 0.6) is 0 Å². The summed E-state index contributed by atoms with van der Waals surface area (Å²) in [6.45, 7) is 1.64. The molecule has 1 saturated heterocycles. The fraction of sp³-hybridized carbons (Fsp3) is 0.286. The molecule has 1 heterocycles. The monoisotopic (exact) mass is 509 g/mol. The van der Waals surface area contributed by atoms with Crippen LogP contribution in [0.3, 0.4) is 0 Å². The number of nitrogens with one attached hydrogen (secondary N) is 1. The summed E-state index contributed by atoms with van der Waals surface area (Å²) in [6.07, 6.45) is 1.54. The zero-order valence-electron chi connectivity index (χ0n) is 19.8. The van der Waals surface area contributed by atoms with Crippen LogP contribution in [-0.4, -0.2) is 47.7 Å². The van der Waals surface area contributed by atoms with Gasteiger partial charge in [-0.2, -0.15) is 0 Å². The van der Waals surface area contributed by atoms with Gasteiger partial charge in [0, 0.05) is 53.3 Å². The van der Waals surface area contributed by atoms with E-state index in [1.165, 1.54) is 23.1 Å². The van der Waals surface area contributed by atoms with Crippen LogP contribution in [0.1, 0.15) is 46.7 Å². The summed E-state index contributed by atoms with van der Waals surface area (Å²) >= 11 is 6.50. The number of rotatable bonds is 7. The molecule has 4 rings (SSSR count). The molecule has 0 bridgehead atoms. The van der Waals surface area contributed by atoms with E-state index >= 15 is 0 Å². The summed E-state index contributed by atoms with van der Waals surface area (Å²) in [5.41, 5.74) is 8.09. The van der Waals surface area contributed by atoms with Crippen LogP contribution >= 0.6 is 11.6 Å². The van der Waals surface area contributed by atoms with E-state index in [1.54, 1.807) is 6.07 Å². The molecule has 0 saturated carbocycles. The van der Waals surface area contributed by atoms with E-state index in [9.17, 15) is 19.1 Å². The van der Waals surface area contributed by atoms with E-state index in [0.29, 0.717) is 30.2 Å². The van der Waals surface area contributed by atoms with Crippen molar-refractivity contribution in [3.8, 4) is 11.1 Å². The van der Waals surface area contributed by atoms with Crippen LogP contribution < -0.4 is 11.1 Å². The molecular formula is C28H29ClFN3O3. The maximum Gasteiger partial charge on any atom is 0.407 e. The van der Waals surface area contributed by atoms with Gasteiger partial charge in [-0.05, 0) is 54.7 Å². The Bertz CT molecular complexity index is 1240. The van der Waals surface area contributed by atoms with E-state index in [-0.39, 0.29) is 23.1 Å². The molecule has 8 heteroatoms. The standard InChI is InChI=1S/C28H29ClFN3O3/c29-24-12-11-19(16-22(24)26-21(27(31)34)9-4-10-25(26)30)23(18-6-2-1-3-7-18)17-32-20-8-5-14-33(15-13-20)28(35)36/h1-4,6-7,9-12,16,20,23,32H,5,8,13-15,17H2,(H2,31,34)(H,35,36). The van der Waals surface area contributed by atoms with Crippen LogP contribution in [0.15, 0.2) is 66.7 Å². The number of nitrogens with zero attached hydrogens (tertiary/aromatic N) is 1. The molecule has 2 atom stereocenters. The third-order valence-corrected chi connectivity index (χ3v) is 7.08. The molecular weight excluding hydrogens is 481 g/mol. The van der Waals surface area contributed by atoms with Crippen molar-refractivity contribution < 1.29 is 19.1 Å². The first kappa shape index (κ1) is 25.7. The third-order valence-electron chi connectivity index (χ3n) is 6.75. The van der Waals surface area contributed by atoms with Crippen molar-refractivity contribution in [3.63, 3.8) is 0 Å². The molecule has 4 N–H and O–H groups in total. The lowest BCUT2D eigenvalue weighted by atomic mass is 9.88. The second kappa shape index (κ2) is 11.5. The lowest BCUT2D eigenvalue weighted by molar-refractivity contribution is 0.100. The number of hydrogen-bond acceptors (Lipinski definition) is 3. The molecule has 0 aromatic heterocycles. The predicted octanol–water partition coefficient (Wildman–Crippen LogP) is 5.50. The number of nitrogens with two attached hydrogens (primary N) is 1. The second-order valence-corrected chi connectivity index (χ2v) is 9.44. The minimum Gasteiger partial charge on any atom is -0.465 e. The summed E-state index contributed by atoms with van der Waals surface area (Å²) in [5.74, 6) is -1.37. The summed E-state index contributed by atoms with van der Waals surface area (Å²) in [4.78, 5) is 24.9. The first-order valence-corrected chi connectivity index (χ1v) is 12.4. The quantitative estimate of drug-likeness (QED) is 0.392. The highest BCUT2D eigenvalue weighted by molar-refractivity contribution is 6.33. The predicted molar refractivity (Wildman–Crippen MR) is 139 cm³/mol. The van der Waals surface area contributed by atoms with Gasteiger partial charge in [0.05, 0.1) is 0 Å². The molecule has 0 radical (unpaired) electrons. The fourth-order valence-electron chi connectivity index (χ4n) is 4.84. The third kappa shape index (κ3) is 5.86. The lowest BCUT2D eigenvalue weighted by Gasteiger charge is -2.24. The van der Waals surface area contributed by atoms with Gasteiger partial charge in [-0.3, -0.25) is 4.79 Å². The molecule has 2 amide bonds. The van der Waals surface area contributed by atoms with Crippen molar-refractivity contribution in [2.24, 2.45) is 5.73 Å². The Morgan fingerprint density at radius 1 is 1.06 bits per heavy atom. The number of likely N-dealkylation sites (tertiary alicyclic amines) is 1. The van der Waals surface area contributed by atoms with Crippen molar-refractivity contribution in [1.82, 2.24) is 10.2 Å². The van der Waals surface area contributed by atoms with Crippen molar-refractivity contribution in [2.45, 2.75) is 31.2 Å². The van der Waals surface area contributed by atoms with Gasteiger partial charge in [0.1, 0.15) is 5.82 Å². The van der Waals surface area contributed by atoms with E-state index in [0.717, 1.165) is 30.4 Å². The van der Waals surface area contributed by atoms with E-state index < -0.39 is 17.8 Å². The topological polar surface area (TPSA) is 95.7 Å². The summed E-state index contributed by atoms with van der Waals surface area (Å²) in [6, 6.07) is 19.8. The van der Waals surface area contributed by atoms with Crippen molar-refractivity contribution >= 4 is 23.6 Å². The molecule has 188 valence electrons. The molecule has 0 spiro atoms. The Hall–Kier alpha value is -3.42. The maximum atomic E-state index is 14.9. The van der Waals surface area contributed by atoms with E-state index in [4.69, 9.17) is 17.3 Å². The molecule has 6 nitrogen and oxygen atoms in total. The molecule has 1 aliphatic heterocycles. The van der Waals surface area contributed by atoms with Gasteiger partial charge in [-0.15, -0.1) is 0 Å². The molecule has 0 aliphatic carbocycles. The number of amides is 2. The summed E-state index contributed by atoms with van der Waals surface area (Å²) in [5, 5.41) is 13.3. The number of carboxylic acid groups (broad SMARTS) is 1. The number of primary amides is 1.